The van der Waals surface area contributed by atoms with Gasteiger partial charge in [-0.05, 0) is 44.6 Å². The molecule has 5 nitrogen and oxygen atoms in total. The molecule has 2 atom stereocenters. The Hall–Kier alpha value is -2.16. The van der Waals surface area contributed by atoms with Gasteiger partial charge < -0.3 is 5.32 Å². The van der Waals surface area contributed by atoms with Gasteiger partial charge in [0, 0.05) is 32.7 Å². The van der Waals surface area contributed by atoms with Gasteiger partial charge in [-0.2, -0.15) is 5.26 Å². The second kappa shape index (κ2) is 10.4. The molecular formula is C23H32N4O. The first-order chi connectivity index (χ1) is 13.7. The molecule has 0 saturated carbocycles. The maximum Gasteiger partial charge on any atom is 0.237 e. The zero-order valence-electron chi connectivity index (χ0n) is 16.9. The summed E-state index contributed by atoms with van der Waals surface area (Å²) in [5.74, 6) is 0.116. The summed E-state index contributed by atoms with van der Waals surface area (Å²) in [4.78, 5) is 17.0. The van der Waals surface area contributed by atoms with Crippen molar-refractivity contribution in [3.63, 3.8) is 0 Å². The Labute approximate surface area is 169 Å². The minimum Gasteiger partial charge on any atom is -0.354 e. The first kappa shape index (κ1) is 20.6. The van der Waals surface area contributed by atoms with E-state index >= 15 is 0 Å². The van der Waals surface area contributed by atoms with Gasteiger partial charge >= 0.3 is 0 Å². The zero-order chi connectivity index (χ0) is 19.8. The first-order valence-electron chi connectivity index (χ1n) is 10.6. The third-order valence-corrected chi connectivity index (χ3v) is 6.01. The van der Waals surface area contributed by atoms with Crippen LogP contribution in [0.25, 0.3) is 0 Å². The molecule has 0 radical (unpaired) electrons. The van der Waals surface area contributed by atoms with E-state index in [1.807, 2.05) is 37.3 Å². The zero-order valence-corrected chi connectivity index (χ0v) is 16.9. The molecule has 2 unspecified atom stereocenters. The van der Waals surface area contributed by atoms with Crippen molar-refractivity contribution in [2.24, 2.45) is 0 Å². The van der Waals surface area contributed by atoms with E-state index in [1.165, 1.54) is 31.3 Å². The van der Waals surface area contributed by atoms with Crippen LogP contribution in [0.15, 0.2) is 42.0 Å². The molecule has 0 aromatic heterocycles. The van der Waals surface area contributed by atoms with Gasteiger partial charge in [0.1, 0.15) is 6.04 Å². The largest absolute Gasteiger partial charge is 0.354 e. The highest BCUT2D eigenvalue weighted by Crippen LogP contribution is 2.22. The van der Waals surface area contributed by atoms with E-state index in [4.69, 9.17) is 0 Å². The number of benzene rings is 1. The Morgan fingerprint density at radius 2 is 1.86 bits per heavy atom. The van der Waals surface area contributed by atoms with E-state index in [1.54, 1.807) is 0 Å². The van der Waals surface area contributed by atoms with Crippen LogP contribution in [0.3, 0.4) is 0 Å². The quantitative estimate of drug-likeness (QED) is 0.738. The highest BCUT2D eigenvalue weighted by Gasteiger charge is 2.29. The molecule has 1 aromatic carbocycles. The van der Waals surface area contributed by atoms with Crippen LogP contribution in [0.4, 0.5) is 0 Å². The van der Waals surface area contributed by atoms with Gasteiger partial charge in [-0.3, -0.25) is 14.6 Å². The van der Waals surface area contributed by atoms with Crippen molar-refractivity contribution < 1.29 is 4.79 Å². The third-order valence-electron chi connectivity index (χ3n) is 6.01. The van der Waals surface area contributed by atoms with Crippen LogP contribution in [0.1, 0.15) is 50.6 Å². The average Bonchev–Trinajstić information content (AvgIpc) is 2.76. The highest BCUT2D eigenvalue weighted by atomic mass is 16.2. The minimum atomic E-state index is -0.212. The molecule has 28 heavy (non-hydrogen) atoms. The highest BCUT2D eigenvalue weighted by molar-refractivity contribution is 5.81. The Balaban J connectivity index is 1.44. The molecule has 3 rings (SSSR count). The number of carbonyl (C=O) groups excluding carboxylic acids is 1. The maximum absolute atomic E-state index is 12.5. The minimum absolute atomic E-state index is 0.116. The molecule has 1 heterocycles. The maximum atomic E-state index is 12.5. The number of amides is 1. The summed E-state index contributed by atoms with van der Waals surface area (Å²) >= 11 is 0. The molecule has 1 aromatic rings. The number of hydrogen-bond acceptors (Lipinski definition) is 4. The first-order valence-corrected chi connectivity index (χ1v) is 10.6. The topological polar surface area (TPSA) is 59.4 Å². The lowest BCUT2D eigenvalue weighted by Gasteiger charge is -2.39. The second-order valence-electron chi connectivity index (χ2n) is 7.84. The number of rotatable bonds is 7. The molecule has 2 aliphatic rings. The van der Waals surface area contributed by atoms with Crippen molar-refractivity contribution in [2.45, 2.75) is 51.1 Å². The summed E-state index contributed by atoms with van der Waals surface area (Å²) in [6.45, 7) is 5.95. The van der Waals surface area contributed by atoms with Gasteiger partial charge in [-0.15, -0.1) is 0 Å². The van der Waals surface area contributed by atoms with Gasteiger partial charge in [-0.25, -0.2) is 0 Å². The van der Waals surface area contributed by atoms with Crippen molar-refractivity contribution in [1.82, 2.24) is 15.1 Å². The van der Waals surface area contributed by atoms with Crippen molar-refractivity contribution in [2.75, 3.05) is 32.7 Å². The van der Waals surface area contributed by atoms with Crippen molar-refractivity contribution in [3.05, 3.63) is 47.5 Å². The number of hydrogen-bond donors (Lipinski definition) is 1. The Bertz CT molecular complexity index is 701. The number of allylic oxidation sites excluding steroid dienone is 1. The van der Waals surface area contributed by atoms with Crippen LogP contribution in [0.5, 0.6) is 0 Å². The molecule has 5 heteroatoms. The van der Waals surface area contributed by atoms with Crippen LogP contribution < -0.4 is 5.32 Å². The summed E-state index contributed by atoms with van der Waals surface area (Å²) in [6, 6.07) is 12.1. The molecule has 1 aliphatic carbocycles. The fraction of sp³-hybridized carbons (Fsp3) is 0.565. The van der Waals surface area contributed by atoms with Crippen LogP contribution in [0.2, 0.25) is 0 Å². The molecular weight excluding hydrogens is 348 g/mol. The standard InChI is InChI=1S/C23H32N4O/c1-19(23(28)25-13-12-20-8-4-2-5-9-20)26-14-16-27(17-15-26)22(18-24)21-10-6-3-7-11-21/h3,6-8,10-11,19,22H,2,4-5,9,12-17H2,1H3,(H,25,28). The lowest BCUT2D eigenvalue weighted by Crippen LogP contribution is -2.54. The number of nitrogens with zero attached hydrogens (tertiary/aromatic N) is 3. The van der Waals surface area contributed by atoms with Gasteiger partial charge in [0.25, 0.3) is 0 Å². The van der Waals surface area contributed by atoms with E-state index in [-0.39, 0.29) is 18.0 Å². The number of piperazine rings is 1. The molecule has 1 N–H and O–H groups in total. The van der Waals surface area contributed by atoms with E-state index in [9.17, 15) is 10.1 Å². The van der Waals surface area contributed by atoms with E-state index < -0.39 is 0 Å². The number of carbonyl (C=O) groups is 1. The monoisotopic (exact) mass is 380 g/mol. The van der Waals surface area contributed by atoms with Crippen molar-refractivity contribution in [1.29, 1.82) is 5.26 Å². The normalized spacial score (nSPS) is 20.6. The van der Waals surface area contributed by atoms with E-state index in [2.05, 4.69) is 27.3 Å². The van der Waals surface area contributed by atoms with Gasteiger partial charge in [0.15, 0.2) is 0 Å². The Morgan fingerprint density at radius 1 is 1.14 bits per heavy atom. The van der Waals surface area contributed by atoms with Gasteiger partial charge in [0.2, 0.25) is 5.91 Å². The summed E-state index contributed by atoms with van der Waals surface area (Å²) in [7, 11) is 0. The van der Waals surface area contributed by atoms with E-state index in [0.29, 0.717) is 0 Å². The lowest BCUT2D eigenvalue weighted by molar-refractivity contribution is -0.126. The predicted molar refractivity (Wildman–Crippen MR) is 112 cm³/mol. The molecule has 150 valence electrons. The number of nitrogens with one attached hydrogen (secondary N) is 1. The third kappa shape index (κ3) is 5.43. The summed E-state index contributed by atoms with van der Waals surface area (Å²) in [5, 5.41) is 12.7. The fourth-order valence-electron chi connectivity index (χ4n) is 4.18. The Morgan fingerprint density at radius 3 is 2.50 bits per heavy atom. The van der Waals surface area contributed by atoms with E-state index in [0.717, 1.165) is 44.7 Å². The average molecular weight is 381 g/mol. The Kier molecular flexibility index (Phi) is 7.64. The summed E-state index contributed by atoms with van der Waals surface area (Å²) in [5.41, 5.74) is 2.54. The van der Waals surface area contributed by atoms with Crippen LogP contribution in [-0.4, -0.2) is 54.5 Å². The smallest absolute Gasteiger partial charge is 0.237 e. The van der Waals surface area contributed by atoms with Crippen LogP contribution in [-0.2, 0) is 4.79 Å². The molecule has 1 fully saturated rings. The van der Waals surface area contributed by atoms with Crippen LogP contribution >= 0.6 is 0 Å². The summed E-state index contributed by atoms with van der Waals surface area (Å²) < 4.78 is 0. The SMILES string of the molecule is CC(C(=O)NCCC1=CCCCC1)N1CCN(C(C#N)c2ccccc2)CC1. The van der Waals surface area contributed by atoms with Crippen molar-refractivity contribution in [3.8, 4) is 6.07 Å². The molecule has 1 saturated heterocycles. The van der Waals surface area contributed by atoms with Crippen LogP contribution in [0, 0.1) is 11.3 Å². The molecule has 1 amide bonds. The molecule has 1 aliphatic heterocycles. The lowest BCUT2D eigenvalue weighted by atomic mass is 9.97. The predicted octanol–water partition coefficient (Wildman–Crippen LogP) is 3.26. The second-order valence-corrected chi connectivity index (χ2v) is 7.84. The molecule has 0 spiro atoms. The fourth-order valence-corrected chi connectivity index (χ4v) is 4.18. The number of nitriles is 1. The molecule has 0 bridgehead atoms. The van der Waals surface area contributed by atoms with Gasteiger partial charge in [0.05, 0.1) is 12.1 Å². The van der Waals surface area contributed by atoms with Gasteiger partial charge in [-0.1, -0.05) is 42.0 Å². The summed E-state index contributed by atoms with van der Waals surface area (Å²) in [6.07, 6.45) is 8.29. The van der Waals surface area contributed by atoms with Crippen molar-refractivity contribution >= 4 is 5.91 Å².